The topological polar surface area (TPSA) is 3.24 Å². The van der Waals surface area contributed by atoms with Crippen LogP contribution in [0.1, 0.15) is 33.3 Å². The van der Waals surface area contributed by atoms with E-state index >= 15 is 0 Å². The lowest BCUT2D eigenvalue weighted by Crippen LogP contribution is -2.37. The molecule has 0 N–H and O–H groups in total. The van der Waals surface area contributed by atoms with Crippen LogP contribution in [0.2, 0.25) is 0 Å². The second-order valence-electron chi connectivity index (χ2n) is 4.38. The number of benzene rings is 1. The van der Waals surface area contributed by atoms with Crippen molar-refractivity contribution in [3.8, 4) is 0 Å². The molecule has 0 fully saturated rings. The molecule has 0 aliphatic rings. The normalized spacial score (nSPS) is 11.1. The molecule has 1 heteroatoms. The first-order valence-electron chi connectivity index (χ1n) is 5.38. The molecule has 0 unspecified atom stereocenters. The fourth-order valence-electron chi connectivity index (χ4n) is 2.01. The minimum absolute atomic E-state index is 0.552. The van der Waals surface area contributed by atoms with Gasteiger partial charge in [0, 0.05) is 17.8 Å². The Morgan fingerprint density at radius 3 is 1.86 bits per heavy atom. The van der Waals surface area contributed by atoms with E-state index in [1.807, 2.05) is 0 Å². The summed E-state index contributed by atoms with van der Waals surface area (Å²) >= 11 is 0. The van der Waals surface area contributed by atoms with Crippen molar-refractivity contribution in [1.82, 2.24) is 0 Å². The molecule has 0 bridgehead atoms. The molecule has 0 saturated heterocycles. The maximum Gasteiger partial charge on any atom is 0.0400 e. The van der Waals surface area contributed by atoms with Gasteiger partial charge in [0.25, 0.3) is 0 Å². The van der Waals surface area contributed by atoms with Crippen LogP contribution >= 0.6 is 0 Å². The predicted octanol–water partition coefficient (Wildman–Crippen LogP) is 3.62. The zero-order valence-corrected chi connectivity index (χ0v) is 9.91. The van der Waals surface area contributed by atoms with Crippen molar-refractivity contribution in [2.45, 2.75) is 46.7 Å². The van der Waals surface area contributed by atoms with Crippen molar-refractivity contribution in [3.63, 3.8) is 0 Å². The van der Waals surface area contributed by atoms with Crippen LogP contribution in [0.4, 0.5) is 5.69 Å². The van der Waals surface area contributed by atoms with Crippen molar-refractivity contribution < 1.29 is 0 Å². The van der Waals surface area contributed by atoms with Crippen LogP contribution in [0.3, 0.4) is 0 Å². The van der Waals surface area contributed by atoms with E-state index in [4.69, 9.17) is 0 Å². The highest BCUT2D eigenvalue weighted by atomic mass is 15.2. The molecule has 0 amide bonds. The fraction of sp³-hybridized carbons (Fsp3) is 0.538. The maximum absolute atomic E-state index is 2.45. The van der Waals surface area contributed by atoms with E-state index in [2.05, 4.69) is 63.8 Å². The van der Waals surface area contributed by atoms with E-state index in [-0.39, 0.29) is 0 Å². The number of hydrogen-bond acceptors (Lipinski definition) is 1. The molecule has 1 rings (SSSR count). The molecular weight excluding hydrogens is 170 g/mol. The first-order chi connectivity index (χ1) is 6.54. The van der Waals surface area contributed by atoms with E-state index < -0.39 is 0 Å². The molecule has 1 nitrogen and oxygen atoms in total. The second kappa shape index (κ2) is 4.50. The molecule has 0 spiro atoms. The van der Waals surface area contributed by atoms with Crippen molar-refractivity contribution in [2.24, 2.45) is 0 Å². The summed E-state index contributed by atoms with van der Waals surface area (Å²) < 4.78 is 0. The Labute approximate surface area is 87.7 Å². The van der Waals surface area contributed by atoms with Crippen LogP contribution in [0, 0.1) is 6.92 Å². The molecule has 1 aromatic carbocycles. The zero-order valence-electron chi connectivity index (χ0n) is 9.91. The number of rotatable bonds is 3. The lowest BCUT2D eigenvalue weighted by atomic mass is 10.1. The zero-order chi connectivity index (χ0) is 10.7. The Bertz CT molecular complexity index is 281. The van der Waals surface area contributed by atoms with Crippen LogP contribution in [0.5, 0.6) is 0 Å². The molecule has 1 aromatic rings. The first kappa shape index (κ1) is 11.1. The average molecular weight is 191 g/mol. The highest BCUT2D eigenvalue weighted by molar-refractivity contribution is 5.54. The SMILES string of the molecule is Cc1ccccc1N(C(C)C)C(C)C. The van der Waals surface area contributed by atoms with Gasteiger partial charge >= 0.3 is 0 Å². The molecule has 14 heavy (non-hydrogen) atoms. The van der Waals surface area contributed by atoms with Gasteiger partial charge in [0.05, 0.1) is 0 Å². The monoisotopic (exact) mass is 191 g/mol. The van der Waals surface area contributed by atoms with Gasteiger partial charge in [0.1, 0.15) is 0 Å². The third kappa shape index (κ3) is 2.28. The minimum atomic E-state index is 0.552. The summed E-state index contributed by atoms with van der Waals surface area (Å²) in [5.41, 5.74) is 2.72. The first-order valence-corrected chi connectivity index (χ1v) is 5.38. The van der Waals surface area contributed by atoms with Gasteiger partial charge in [-0.3, -0.25) is 0 Å². The van der Waals surface area contributed by atoms with Gasteiger partial charge in [-0.15, -0.1) is 0 Å². The van der Waals surface area contributed by atoms with Crippen LogP contribution in [-0.4, -0.2) is 12.1 Å². The summed E-state index contributed by atoms with van der Waals surface area (Å²) in [6.45, 7) is 11.1. The quantitative estimate of drug-likeness (QED) is 0.705. The Hall–Kier alpha value is -0.980. The molecule has 0 saturated carbocycles. The fourth-order valence-corrected chi connectivity index (χ4v) is 2.01. The second-order valence-corrected chi connectivity index (χ2v) is 4.38. The molecule has 0 radical (unpaired) electrons. The number of aryl methyl sites for hydroxylation is 1. The Kier molecular flexibility index (Phi) is 3.56. The van der Waals surface area contributed by atoms with Crippen molar-refractivity contribution in [2.75, 3.05) is 4.90 Å². The summed E-state index contributed by atoms with van der Waals surface area (Å²) in [7, 11) is 0. The average Bonchev–Trinajstić information content (AvgIpc) is 2.07. The van der Waals surface area contributed by atoms with Gasteiger partial charge in [-0.25, -0.2) is 0 Å². The number of para-hydroxylation sites is 1. The van der Waals surface area contributed by atoms with E-state index in [0.29, 0.717) is 12.1 Å². The Morgan fingerprint density at radius 1 is 0.929 bits per heavy atom. The lowest BCUT2D eigenvalue weighted by molar-refractivity contribution is 0.606. The third-order valence-corrected chi connectivity index (χ3v) is 2.51. The molecule has 0 aliphatic carbocycles. The van der Waals surface area contributed by atoms with E-state index in [1.165, 1.54) is 11.3 Å². The highest BCUT2D eigenvalue weighted by Gasteiger charge is 2.14. The van der Waals surface area contributed by atoms with E-state index in [0.717, 1.165) is 0 Å². The molecule has 0 aromatic heterocycles. The smallest absolute Gasteiger partial charge is 0.0400 e. The predicted molar refractivity (Wildman–Crippen MR) is 63.9 cm³/mol. The van der Waals surface area contributed by atoms with E-state index in [9.17, 15) is 0 Å². The number of nitrogens with zero attached hydrogens (tertiary/aromatic N) is 1. The van der Waals surface area contributed by atoms with Gasteiger partial charge < -0.3 is 4.90 Å². The highest BCUT2D eigenvalue weighted by Crippen LogP contribution is 2.23. The lowest BCUT2D eigenvalue weighted by Gasteiger charge is -2.34. The largest absolute Gasteiger partial charge is 0.366 e. The van der Waals surface area contributed by atoms with Gasteiger partial charge in [0.2, 0.25) is 0 Å². The van der Waals surface area contributed by atoms with Crippen molar-refractivity contribution >= 4 is 5.69 Å². The molecule has 0 aliphatic heterocycles. The minimum Gasteiger partial charge on any atom is -0.366 e. The van der Waals surface area contributed by atoms with Crippen LogP contribution in [0.25, 0.3) is 0 Å². The maximum atomic E-state index is 2.45. The van der Waals surface area contributed by atoms with Gasteiger partial charge in [-0.2, -0.15) is 0 Å². The molecular formula is C13H21N. The van der Waals surface area contributed by atoms with Gasteiger partial charge in [-0.1, -0.05) is 18.2 Å². The molecule has 78 valence electrons. The third-order valence-electron chi connectivity index (χ3n) is 2.51. The Balaban J connectivity index is 3.05. The van der Waals surface area contributed by atoms with Crippen LogP contribution in [-0.2, 0) is 0 Å². The van der Waals surface area contributed by atoms with Gasteiger partial charge in [0.15, 0.2) is 0 Å². The number of hydrogen-bond donors (Lipinski definition) is 0. The van der Waals surface area contributed by atoms with Crippen LogP contribution in [0.15, 0.2) is 24.3 Å². The van der Waals surface area contributed by atoms with Gasteiger partial charge in [-0.05, 0) is 46.2 Å². The summed E-state index contributed by atoms with van der Waals surface area (Å²) in [6, 6.07) is 9.69. The summed E-state index contributed by atoms with van der Waals surface area (Å²) in [5.74, 6) is 0. The summed E-state index contributed by atoms with van der Waals surface area (Å²) in [4.78, 5) is 2.45. The summed E-state index contributed by atoms with van der Waals surface area (Å²) in [6.07, 6.45) is 0. The molecule has 0 heterocycles. The molecule has 0 atom stereocenters. The Morgan fingerprint density at radius 2 is 1.43 bits per heavy atom. The van der Waals surface area contributed by atoms with Crippen molar-refractivity contribution in [3.05, 3.63) is 29.8 Å². The van der Waals surface area contributed by atoms with Crippen molar-refractivity contribution in [1.29, 1.82) is 0 Å². The number of anilines is 1. The van der Waals surface area contributed by atoms with E-state index in [1.54, 1.807) is 0 Å². The standard InChI is InChI=1S/C13H21N/c1-10(2)14(11(3)4)13-9-7-6-8-12(13)5/h6-11H,1-5H3. The summed E-state index contributed by atoms with van der Waals surface area (Å²) in [5, 5.41) is 0. The van der Waals surface area contributed by atoms with Crippen LogP contribution < -0.4 is 4.90 Å².